The van der Waals surface area contributed by atoms with Crippen LogP contribution in [0.1, 0.15) is 47.5 Å². The van der Waals surface area contributed by atoms with Gasteiger partial charge in [-0.1, -0.05) is 70.8 Å². The van der Waals surface area contributed by atoms with Crippen LogP contribution in [0.25, 0.3) is 0 Å². The van der Waals surface area contributed by atoms with E-state index in [1.54, 1.807) is 36.4 Å². The van der Waals surface area contributed by atoms with Crippen LogP contribution in [0, 0.1) is 5.41 Å². The van der Waals surface area contributed by atoms with Crippen molar-refractivity contribution < 1.29 is 19.1 Å². The van der Waals surface area contributed by atoms with Crippen LogP contribution in [-0.2, 0) is 14.3 Å². The van der Waals surface area contributed by atoms with Crippen molar-refractivity contribution in [3.05, 3.63) is 62.6 Å². The molecule has 0 saturated heterocycles. The summed E-state index contributed by atoms with van der Waals surface area (Å²) in [5, 5.41) is 6.99. The molecular formula is C25H23Cl5N2O4. The largest absolute Gasteiger partial charge is 0.467 e. The quantitative estimate of drug-likeness (QED) is 0.210. The molecule has 6 nitrogen and oxygen atoms in total. The van der Waals surface area contributed by atoms with E-state index >= 15 is 0 Å². The summed E-state index contributed by atoms with van der Waals surface area (Å²) in [5.41, 5.74) is -0.897. The topological polar surface area (TPSA) is 84.5 Å². The molecule has 0 radical (unpaired) electrons. The third-order valence-corrected chi connectivity index (χ3v) is 8.93. The third kappa shape index (κ3) is 4.79. The zero-order valence-corrected chi connectivity index (χ0v) is 23.0. The number of ether oxygens (including phenoxy) is 1. The van der Waals surface area contributed by atoms with Gasteiger partial charge in [0.15, 0.2) is 0 Å². The highest BCUT2D eigenvalue weighted by atomic mass is 35.5. The molecule has 2 fully saturated rings. The molecule has 36 heavy (non-hydrogen) atoms. The Balaban J connectivity index is 1.54. The Labute approximate surface area is 233 Å². The number of carbonyl (C=O) groups is 3. The smallest absolute Gasteiger partial charge is 0.331 e. The second kappa shape index (κ2) is 10.2. The van der Waals surface area contributed by atoms with Crippen LogP contribution in [-0.4, -0.2) is 41.7 Å². The van der Waals surface area contributed by atoms with Crippen LogP contribution >= 0.6 is 58.0 Å². The van der Waals surface area contributed by atoms with Crippen molar-refractivity contribution in [2.24, 2.45) is 5.41 Å². The summed E-state index contributed by atoms with van der Waals surface area (Å²) in [7, 11) is 1.30. The number of benzene rings is 2. The van der Waals surface area contributed by atoms with Crippen molar-refractivity contribution in [2.75, 3.05) is 19.0 Å². The van der Waals surface area contributed by atoms with Gasteiger partial charge in [0, 0.05) is 28.2 Å². The number of esters is 1. The van der Waals surface area contributed by atoms with Crippen LogP contribution in [0.3, 0.4) is 0 Å². The first kappa shape index (κ1) is 27.3. The fourth-order valence-electron chi connectivity index (χ4n) is 5.03. The van der Waals surface area contributed by atoms with Crippen LogP contribution in [0.4, 0.5) is 5.69 Å². The fraction of sp³-hybridized carbons (Fsp3) is 0.400. The van der Waals surface area contributed by atoms with Gasteiger partial charge < -0.3 is 20.2 Å². The molecule has 2 unspecified atom stereocenters. The Hall–Kier alpha value is -1.70. The van der Waals surface area contributed by atoms with E-state index < -0.39 is 33.1 Å². The van der Waals surface area contributed by atoms with Gasteiger partial charge in [-0.2, -0.15) is 0 Å². The molecule has 2 N–H and O–H groups in total. The maximum atomic E-state index is 13.1. The standard InChI is InChI=1S/C25H23Cl5N2O4/c1-36-22(35)24(6-2-3-7-24)32-21(34)18-11-17(4-5-19(18)28)31-12-23(13-33)20(25(23,29)30)14-8-15(26)10-16(27)9-14/h4-5,8-11,13,20,31H,2-3,6-7,12H2,1H3,(H,32,34). The molecule has 2 aliphatic carbocycles. The molecule has 4 rings (SSSR count). The molecule has 192 valence electrons. The molecule has 2 aromatic rings. The highest BCUT2D eigenvalue weighted by Gasteiger charge is 2.76. The zero-order valence-electron chi connectivity index (χ0n) is 19.2. The number of rotatable bonds is 8. The normalized spacial score (nSPS) is 23.6. The first-order valence-corrected chi connectivity index (χ1v) is 13.1. The van der Waals surface area contributed by atoms with E-state index in [1.165, 1.54) is 7.11 Å². The fourth-order valence-corrected chi connectivity index (χ4v) is 6.75. The van der Waals surface area contributed by atoms with Crippen LogP contribution < -0.4 is 10.6 Å². The molecule has 0 bridgehead atoms. The van der Waals surface area contributed by atoms with E-state index in [0.717, 1.165) is 19.1 Å². The molecule has 0 spiro atoms. The van der Waals surface area contributed by atoms with Gasteiger partial charge in [0.2, 0.25) is 0 Å². The molecule has 2 aromatic carbocycles. The Morgan fingerprint density at radius 3 is 2.28 bits per heavy atom. The molecule has 2 saturated carbocycles. The second-order valence-corrected chi connectivity index (χ2v) is 11.9. The molecule has 1 amide bonds. The first-order valence-electron chi connectivity index (χ1n) is 11.2. The van der Waals surface area contributed by atoms with E-state index in [1.807, 2.05) is 0 Å². The summed E-state index contributed by atoms with van der Waals surface area (Å²) in [6.45, 7) is 0.0765. The number of methoxy groups -OCH3 is 1. The minimum atomic E-state index is -1.39. The SMILES string of the molecule is COC(=O)C1(NC(=O)c2cc(NCC3(C=O)C(c4cc(Cl)cc(Cl)c4)C3(Cl)Cl)ccc2Cl)CCCC1. The minimum absolute atomic E-state index is 0.0765. The van der Waals surface area contributed by atoms with E-state index in [4.69, 9.17) is 62.7 Å². The summed E-state index contributed by atoms with van der Waals surface area (Å²) in [5.74, 6) is -1.53. The number of amides is 1. The predicted octanol–water partition coefficient (Wildman–Crippen LogP) is 6.43. The highest BCUT2D eigenvalue weighted by Crippen LogP contribution is 2.73. The van der Waals surface area contributed by atoms with Crippen LogP contribution in [0.15, 0.2) is 36.4 Å². The molecule has 0 aromatic heterocycles. The van der Waals surface area contributed by atoms with Gasteiger partial charge in [0.25, 0.3) is 5.91 Å². The number of nitrogens with one attached hydrogen (secondary N) is 2. The lowest BCUT2D eigenvalue weighted by atomic mass is 9.97. The predicted molar refractivity (Wildman–Crippen MR) is 143 cm³/mol. The van der Waals surface area contributed by atoms with Crippen molar-refractivity contribution in [1.29, 1.82) is 0 Å². The molecule has 11 heteroatoms. The van der Waals surface area contributed by atoms with Crippen molar-refractivity contribution in [1.82, 2.24) is 5.32 Å². The van der Waals surface area contributed by atoms with Gasteiger partial charge in [0.05, 0.1) is 23.1 Å². The van der Waals surface area contributed by atoms with Gasteiger partial charge in [0.1, 0.15) is 16.2 Å². The average Bonchev–Trinajstić information content (AvgIpc) is 3.09. The molecule has 2 aliphatic rings. The lowest BCUT2D eigenvalue weighted by molar-refractivity contribution is -0.148. The van der Waals surface area contributed by atoms with Crippen molar-refractivity contribution in [2.45, 2.75) is 41.5 Å². The van der Waals surface area contributed by atoms with Crippen molar-refractivity contribution in [3.8, 4) is 0 Å². The lowest BCUT2D eigenvalue weighted by Crippen LogP contribution is -2.53. The summed E-state index contributed by atoms with van der Waals surface area (Å²) in [6.07, 6.45) is 3.31. The zero-order chi connectivity index (χ0) is 26.3. The number of hydrogen-bond donors (Lipinski definition) is 2. The number of alkyl halides is 2. The molecule has 0 heterocycles. The summed E-state index contributed by atoms with van der Waals surface area (Å²) in [6, 6.07) is 9.70. The Morgan fingerprint density at radius 1 is 1.06 bits per heavy atom. The van der Waals surface area contributed by atoms with Gasteiger partial charge >= 0.3 is 5.97 Å². The maximum Gasteiger partial charge on any atom is 0.331 e. The lowest BCUT2D eigenvalue weighted by Gasteiger charge is -2.27. The van der Waals surface area contributed by atoms with E-state index in [0.29, 0.717) is 34.1 Å². The number of carbonyl (C=O) groups excluding carboxylic acids is 3. The van der Waals surface area contributed by atoms with E-state index in [9.17, 15) is 14.4 Å². The van der Waals surface area contributed by atoms with Crippen molar-refractivity contribution in [3.63, 3.8) is 0 Å². The monoisotopic (exact) mass is 590 g/mol. The van der Waals surface area contributed by atoms with Gasteiger partial charge in [-0.05, 0) is 54.8 Å². The van der Waals surface area contributed by atoms with Gasteiger partial charge in [-0.3, -0.25) is 4.79 Å². The maximum absolute atomic E-state index is 13.1. The number of anilines is 1. The third-order valence-electron chi connectivity index (χ3n) is 7.03. The summed E-state index contributed by atoms with van der Waals surface area (Å²) >= 11 is 31.7. The molecule has 0 aliphatic heterocycles. The second-order valence-electron chi connectivity index (χ2n) is 9.20. The first-order chi connectivity index (χ1) is 17.0. The average molecular weight is 593 g/mol. The number of halogens is 5. The Morgan fingerprint density at radius 2 is 1.69 bits per heavy atom. The number of aldehydes is 1. The van der Waals surface area contributed by atoms with E-state index in [2.05, 4.69) is 10.6 Å². The van der Waals surface area contributed by atoms with Crippen LogP contribution in [0.2, 0.25) is 15.1 Å². The van der Waals surface area contributed by atoms with Gasteiger partial charge in [-0.25, -0.2) is 4.79 Å². The minimum Gasteiger partial charge on any atom is -0.467 e. The summed E-state index contributed by atoms with van der Waals surface area (Å²) in [4.78, 5) is 37.7. The highest BCUT2D eigenvalue weighted by molar-refractivity contribution is 6.54. The Bertz CT molecular complexity index is 1190. The molecular weight excluding hydrogens is 570 g/mol. The van der Waals surface area contributed by atoms with Crippen LogP contribution in [0.5, 0.6) is 0 Å². The Kier molecular flexibility index (Phi) is 7.76. The van der Waals surface area contributed by atoms with Gasteiger partial charge in [-0.15, -0.1) is 0 Å². The summed E-state index contributed by atoms with van der Waals surface area (Å²) < 4.78 is 3.54. The molecule has 2 atom stereocenters. The number of hydrogen-bond acceptors (Lipinski definition) is 5. The van der Waals surface area contributed by atoms with E-state index in [-0.39, 0.29) is 17.1 Å². The van der Waals surface area contributed by atoms with Crippen molar-refractivity contribution >= 4 is 81.9 Å².